The van der Waals surface area contributed by atoms with Gasteiger partial charge in [-0.3, -0.25) is 4.98 Å². The average Bonchev–Trinajstić information content (AvgIpc) is 3.03. The van der Waals surface area contributed by atoms with Crippen LogP contribution in [0.2, 0.25) is 0 Å². The molecular formula is C16H10F3N3O4. The molecule has 2 heterocycles. The lowest BCUT2D eigenvalue weighted by atomic mass is 10.1. The van der Waals surface area contributed by atoms with Gasteiger partial charge in [-0.1, -0.05) is 0 Å². The van der Waals surface area contributed by atoms with Crippen LogP contribution in [0.25, 0.3) is 22.9 Å². The molecular weight excluding hydrogens is 355 g/mol. The van der Waals surface area contributed by atoms with Crippen LogP contribution in [0.3, 0.4) is 0 Å². The number of pyridine rings is 1. The van der Waals surface area contributed by atoms with Gasteiger partial charge in [0.1, 0.15) is 17.1 Å². The lowest BCUT2D eigenvalue weighted by Gasteiger charge is -2.11. The minimum atomic E-state index is -5.20. The summed E-state index contributed by atoms with van der Waals surface area (Å²) in [4.78, 5) is 15.0. The number of alkyl halides is 3. The predicted molar refractivity (Wildman–Crippen MR) is 81.1 cm³/mol. The van der Waals surface area contributed by atoms with Crippen molar-refractivity contribution in [3.05, 3.63) is 42.2 Å². The Labute approximate surface area is 144 Å². The maximum atomic E-state index is 12.5. The van der Waals surface area contributed by atoms with E-state index < -0.39 is 23.6 Å². The third-order valence-electron chi connectivity index (χ3n) is 3.21. The summed E-state index contributed by atoms with van der Waals surface area (Å²) in [5, 5.41) is 17.6. The highest BCUT2D eigenvalue weighted by atomic mass is 19.4. The highest BCUT2D eigenvalue weighted by molar-refractivity contribution is 5.82. The predicted octanol–water partition coefficient (Wildman–Crippen LogP) is 3.28. The minimum Gasteiger partial charge on any atom is -0.507 e. The van der Waals surface area contributed by atoms with E-state index in [1.165, 1.54) is 25.4 Å². The van der Waals surface area contributed by atoms with Crippen LogP contribution in [0.1, 0.15) is 5.56 Å². The zero-order valence-corrected chi connectivity index (χ0v) is 13.1. The van der Waals surface area contributed by atoms with E-state index in [-0.39, 0.29) is 17.3 Å². The molecule has 134 valence electrons. The first-order chi connectivity index (χ1) is 12.3. The Morgan fingerprint density at radius 3 is 2.62 bits per heavy atom. The first-order valence-electron chi connectivity index (χ1n) is 7.12. The van der Waals surface area contributed by atoms with Gasteiger partial charge < -0.3 is 14.3 Å². The molecule has 0 atom stereocenters. The number of hydrogen-bond acceptors (Lipinski definition) is 7. The number of halogens is 3. The SMILES string of the molecule is Cc1cc(O)c(-c2nnc(-c3cccnc3)o2)c(OC(=O)C(F)(F)F)c1. The molecule has 1 N–H and O–H groups in total. The molecule has 0 radical (unpaired) electrons. The molecule has 0 spiro atoms. The van der Waals surface area contributed by atoms with Crippen LogP contribution in [-0.2, 0) is 4.79 Å². The van der Waals surface area contributed by atoms with Gasteiger partial charge in [-0.15, -0.1) is 10.2 Å². The van der Waals surface area contributed by atoms with E-state index in [2.05, 4.69) is 19.9 Å². The minimum absolute atomic E-state index is 0.0289. The molecule has 0 aliphatic carbocycles. The summed E-state index contributed by atoms with van der Waals surface area (Å²) in [7, 11) is 0. The quantitative estimate of drug-likeness (QED) is 0.562. The second-order valence-electron chi connectivity index (χ2n) is 5.20. The number of benzene rings is 1. The number of hydrogen-bond donors (Lipinski definition) is 1. The van der Waals surface area contributed by atoms with Gasteiger partial charge in [0.25, 0.3) is 5.89 Å². The van der Waals surface area contributed by atoms with Crippen LogP contribution in [-0.4, -0.2) is 32.4 Å². The Hall–Kier alpha value is -3.43. The lowest BCUT2D eigenvalue weighted by Crippen LogP contribution is -2.28. The molecule has 3 rings (SSSR count). The Kier molecular flexibility index (Phi) is 4.33. The number of nitrogens with zero attached hydrogens (tertiary/aromatic N) is 3. The molecule has 3 aromatic rings. The van der Waals surface area contributed by atoms with Crippen LogP contribution in [0.5, 0.6) is 11.5 Å². The van der Waals surface area contributed by atoms with Crippen LogP contribution < -0.4 is 4.74 Å². The maximum absolute atomic E-state index is 12.5. The molecule has 0 fully saturated rings. The number of carbonyl (C=O) groups excluding carboxylic acids is 1. The highest BCUT2D eigenvalue weighted by Crippen LogP contribution is 2.39. The first-order valence-corrected chi connectivity index (χ1v) is 7.12. The summed E-state index contributed by atoms with van der Waals surface area (Å²) in [5.41, 5.74) is 0.505. The monoisotopic (exact) mass is 365 g/mol. The largest absolute Gasteiger partial charge is 0.507 e. The van der Waals surface area contributed by atoms with Gasteiger partial charge in [-0.2, -0.15) is 13.2 Å². The third-order valence-corrected chi connectivity index (χ3v) is 3.21. The summed E-state index contributed by atoms with van der Waals surface area (Å²) < 4.78 is 47.3. The van der Waals surface area contributed by atoms with E-state index in [9.17, 15) is 23.1 Å². The molecule has 2 aromatic heterocycles. The third kappa shape index (κ3) is 3.48. The van der Waals surface area contributed by atoms with Crippen molar-refractivity contribution < 1.29 is 32.2 Å². The number of esters is 1. The van der Waals surface area contributed by atoms with Crippen molar-refractivity contribution in [2.45, 2.75) is 13.1 Å². The highest BCUT2D eigenvalue weighted by Gasteiger charge is 2.42. The Balaban J connectivity index is 2.05. The summed E-state index contributed by atoms with van der Waals surface area (Å²) in [5.74, 6) is -3.74. The van der Waals surface area contributed by atoms with Crippen molar-refractivity contribution in [1.82, 2.24) is 15.2 Å². The summed E-state index contributed by atoms with van der Waals surface area (Å²) >= 11 is 0. The number of carbonyl (C=O) groups is 1. The van der Waals surface area contributed by atoms with Gasteiger partial charge in [-0.25, -0.2) is 4.79 Å². The summed E-state index contributed by atoms with van der Waals surface area (Å²) in [6.07, 6.45) is -2.23. The van der Waals surface area contributed by atoms with Gasteiger partial charge in [0, 0.05) is 12.4 Å². The molecule has 0 bridgehead atoms. The van der Waals surface area contributed by atoms with Gasteiger partial charge in [0.05, 0.1) is 5.56 Å². The molecule has 0 aliphatic heterocycles. The Morgan fingerprint density at radius 1 is 1.23 bits per heavy atom. The number of phenols is 1. The fourth-order valence-corrected chi connectivity index (χ4v) is 2.12. The van der Waals surface area contributed by atoms with E-state index >= 15 is 0 Å². The van der Waals surface area contributed by atoms with Gasteiger partial charge in [0.15, 0.2) is 0 Å². The molecule has 0 aliphatic rings. The molecule has 10 heteroatoms. The summed E-state index contributed by atoms with van der Waals surface area (Å²) in [6.45, 7) is 1.50. The van der Waals surface area contributed by atoms with Crippen molar-refractivity contribution in [2.24, 2.45) is 0 Å². The standard InChI is InChI=1S/C16H10F3N3O4/c1-8-5-10(23)12(11(6-8)25-15(24)16(17,18)19)14-22-21-13(26-14)9-3-2-4-20-7-9/h2-7,23H,1H3. The number of aromatic nitrogens is 3. The fourth-order valence-electron chi connectivity index (χ4n) is 2.12. The lowest BCUT2D eigenvalue weighted by molar-refractivity contribution is -0.189. The van der Waals surface area contributed by atoms with E-state index in [1.54, 1.807) is 12.1 Å². The van der Waals surface area contributed by atoms with E-state index in [0.29, 0.717) is 11.1 Å². The summed E-state index contributed by atoms with van der Waals surface area (Å²) in [6, 6.07) is 5.66. The smallest absolute Gasteiger partial charge is 0.491 e. The number of aryl methyl sites for hydroxylation is 1. The topological polar surface area (TPSA) is 98.3 Å². The van der Waals surface area contributed by atoms with Gasteiger partial charge >= 0.3 is 12.1 Å². The van der Waals surface area contributed by atoms with Gasteiger partial charge in [-0.05, 0) is 36.8 Å². The number of ether oxygens (including phenoxy) is 1. The molecule has 0 saturated carbocycles. The molecule has 26 heavy (non-hydrogen) atoms. The molecule has 0 saturated heterocycles. The molecule has 7 nitrogen and oxygen atoms in total. The number of aromatic hydroxyl groups is 1. The first kappa shape index (κ1) is 17.4. The van der Waals surface area contributed by atoms with E-state index in [4.69, 9.17) is 4.42 Å². The molecule has 0 amide bonds. The second kappa shape index (κ2) is 6.47. The van der Waals surface area contributed by atoms with Crippen LogP contribution in [0, 0.1) is 6.92 Å². The van der Waals surface area contributed by atoms with Gasteiger partial charge in [0.2, 0.25) is 5.89 Å². The van der Waals surface area contributed by atoms with E-state index in [1.807, 2.05) is 0 Å². The second-order valence-corrected chi connectivity index (χ2v) is 5.20. The van der Waals surface area contributed by atoms with Crippen LogP contribution in [0.15, 0.2) is 41.1 Å². The molecule has 1 aromatic carbocycles. The normalized spacial score (nSPS) is 11.4. The zero-order chi connectivity index (χ0) is 18.9. The fraction of sp³-hybridized carbons (Fsp3) is 0.125. The number of rotatable bonds is 3. The van der Waals surface area contributed by atoms with Crippen molar-refractivity contribution in [3.63, 3.8) is 0 Å². The Morgan fingerprint density at radius 2 is 1.96 bits per heavy atom. The van der Waals surface area contributed by atoms with Crippen molar-refractivity contribution in [3.8, 4) is 34.4 Å². The van der Waals surface area contributed by atoms with Crippen molar-refractivity contribution >= 4 is 5.97 Å². The van der Waals surface area contributed by atoms with Crippen molar-refractivity contribution in [1.29, 1.82) is 0 Å². The zero-order valence-electron chi connectivity index (χ0n) is 13.1. The van der Waals surface area contributed by atoms with E-state index in [0.717, 1.165) is 6.07 Å². The average molecular weight is 365 g/mol. The van der Waals surface area contributed by atoms with Crippen LogP contribution >= 0.6 is 0 Å². The Bertz CT molecular complexity index is 955. The van der Waals surface area contributed by atoms with Crippen molar-refractivity contribution in [2.75, 3.05) is 0 Å². The molecule has 0 unspecified atom stereocenters. The maximum Gasteiger partial charge on any atom is 0.491 e. The number of phenolic OH excluding ortho intramolecular Hbond substituents is 1. The van der Waals surface area contributed by atoms with Crippen LogP contribution in [0.4, 0.5) is 13.2 Å².